The van der Waals surface area contributed by atoms with E-state index in [9.17, 15) is 4.79 Å². The van der Waals surface area contributed by atoms with Gasteiger partial charge in [0.05, 0.1) is 6.42 Å². The van der Waals surface area contributed by atoms with Crippen LogP contribution in [0.4, 0.5) is 0 Å². The summed E-state index contributed by atoms with van der Waals surface area (Å²) in [6, 6.07) is 8.06. The minimum absolute atomic E-state index is 0.100. The molecule has 3 N–H and O–H groups in total. The minimum atomic E-state index is 0.100. The third-order valence-corrected chi connectivity index (χ3v) is 2.65. The zero-order valence-corrected chi connectivity index (χ0v) is 10.5. The van der Waals surface area contributed by atoms with Gasteiger partial charge >= 0.3 is 0 Å². The first-order chi connectivity index (χ1) is 8.22. The standard InChI is InChI=1S/C14H22N2O/c1-12-6-5-7-13(10-12)11-14(17)16-9-4-2-3-8-15/h5-7,10H,2-4,8-9,11,15H2,1H3,(H,16,17). The fourth-order valence-corrected chi connectivity index (χ4v) is 1.74. The van der Waals surface area contributed by atoms with Gasteiger partial charge in [0.2, 0.25) is 5.91 Å². The molecule has 0 spiro atoms. The number of nitrogens with two attached hydrogens (primary N) is 1. The van der Waals surface area contributed by atoms with Gasteiger partial charge in [0, 0.05) is 6.54 Å². The summed E-state index contributed by atoms with van der Waals surface area (Å²) in [5.41, 5.74) is 7.67. The molecule has 0 atom stereocenters. The number of nitrogens with one attached hydrogen (secondary N) is 1. The highest BCUT2D eigenvalue weighted by atomic mass is 16.1. The first-order valence-electron chi connectivity index (χ1n) is 6.24. The molecule has 0 fully saturated rings. The molecule has 1 aromatic carbocycles. The van der Waals surface area contributed by atoms with Gasteiger partial charge in [-0.1, -0.05) is 36.2 Å². The van der Waals surface area contributed by atoms with E-state index in [-0.39, 0.29) is 5.91 Å². The summed E-state index contributed by atoms with van der Waals surface area (Å²) in [6.07, 6.45) is 3.60. The number of unbranched alkanes of at least 4 members (excludes halogenated alkanes) is 2. The van der Waals surface area contributed by atoms with E-state index in [0.717, 1.165) is 37.9 Å². The second-order valence-electron chi connectivity index (χ2n) is 4.37. The third-order valence-electron chi connectivity index (χ3n) is 2.65. The van der Waals surface area contributed by atoms with E-state index in [1.165, 1.54) is 5.56 Å². The summed E-state index contributed by atoms with van der Waals surface area (Å²) < 4.78 is 0. The lowest BCUT2D eigenvalue weighted by Crippen LogP contribution is -2.26. The fourth-order valence-electron chi connectivity index (χ4n) is 1.74. The van der Waals surface area contributed by atoms with E-state index >= 15 is 0 Å². The van der Waals surface area contributed by atoms with Crippen molar-refractivity contribution in [3.05, 3.63) is 35.4 Å². The Kier molecular flexibility index (Phi) is 6.33. The Morgan fingerprint density at radius 3 is 2.82 bits per heavy atom. The Morgan fingerprint density at radius 2 is 2.12 bits per heavy atom. The van der Waals surface area contributed by atoms with Crippen molar-refractivity contribution in [2.75, 3.05) is 13.1 Å². The molecule has 0 aliphatic carbocycles. The van der Waals surface area contributed by atoms with E-state index in [0.29, 0.717) is 6.42 Å². The lowest BCUT2D eigenvalue weighted by atomic mass is 10.1. The van der Waals surface area contributed by atoms with Crippen LogP contribution in [0.5, 0.6) is 0 Å². The van der Waals surface area contributed by atoms with Gasteiger partial charge in [0.25, 0.3) is 0 Å². The second kappa shape index (κ2) is 7.85. The van der Waals surface area contributed by atoms with Gasteiger partial charge in [-0.15, -0.1) is 0 Å². The van der Waals surface area contributed by atoms with Gasteiger partial charge < -0.3 is 11.1 Å². The van der Waals surface area contributed by atoms with Crippen molar-refractivity contribution in [3.63, 3.8) is 0 Å². The number of benzene rings is 1. The Bertz CT molecular complexity index is 350. The maximum Gasteiger partial charge on any atom is 0.224 e. The van der Waals surface area contributed by atoms with Crippen LogP contribution in [0.25, 0.3) is 0 Å². The van der Waals surface area contributed by atoms with Crippen molar-refractivity contribution in [2.45, 2.75) is 32.6 Å². The van der Waals surface area contributed by atoms with Crippen molar-refractivity contribution < 1.29 is 4.79 Å². The molecule has 0 bridgehead atoms. The normalized spacial score (nSPS) is 10.2. The topological polar surface area (TPSA) is 55.1 Å². The third kappa shape index (κ3) is 6.07. The van der Waals surface area contributed by atoms with Crippen molar-refractivity contribution in [1.29, 1.82) is 0 Å². The first-order valence-corrected chi connectivity index (χ1v) is 6.24. The Hall–Kier alpha value is -1.35. The SMILES string of the molecule is Cc1cccc(CC(=O)NCCCCCN)c1. The van der Waals surface area contributed by atoms with Crippen LogP contribution in [-0.4, -0.2) is 19.0 Å². The predicted molar refractivity (Wildman–Crippen MR) is 70.8 cm³/mol. The number of carbonyl (C=O) groups is 1. The van der Waals surface area contributed by atoms with Crippen LogP contribution in [0.2, 0.25) is 0 Å². The molecule has 94 valence electrons. The molecular formula is C14H22N2O. The molecule has 0 unspecified atom stereocenters. The summed E-state index contributed by atoms with van der Waals surface area (Å²) in [7, 11) is 0. The largest absolute Gasteiger partial charge is 0.356 e. The van der Waals surface area contributed by atoms with E-state index < -0.39 is 0 Å². The molecule has 3 heteroatoms. The number of aryl methyl sites for hydroxylation is 1. The van der Waals surface area contributed by atoms with Crippen LogP contribution in [-0.2, 0) is 11.2 Å². The number of amides is 1. The summed E-state index contributed by atoms with van der Waals surface area (Å²) >= 11 is 0. The Balaban J connectivity index is 2.21. The molecule has 3 nitrogen and oxygen atoms in total. The van der Waals surface area contributed by atoms with Gasteiger partial charge in [-0.2, -0.15) is 0 Å². The summed E-state index contributed by atoms with van der Waals surface area (Å²) in [5, 5.41) is 2.93. The molecular weight excluding hydrogens is 212 g/mol. The molecule has 0 aliphatic rings. The predicted octanol–water partition coefficient (Wildman–Crippen LogP) is 1.78. The molecule has 0 saturated carbocycles. The first kappa shape index (κ1) is 13.7. The lowest BCUT2D eigenvalue weighted by molar-refractivity contribution is -0.120. The van der Waals surface area contributed by atoms with E-state index in [2.05, 4.69) is 5.32 Å². The summed E-state index contributed by atoms with van der Waals surface area (Å²) in [5.74, 6) is 0.100. The molecule has 0 saturated heterocycles. The van der Waals surface area contributed by atoms with Crippen LogP contribution >= 0.6 is 0 Å². The van der Waals surface area contributed by atoms with Crippen LogP contribution in [0, 0.1) is 6.92 Å². The zero-order valence-electron chi connectivity index (χ0n) is 10.5. The molecule has 0 aliphatic heterocycles. The van der Waals surface area contributed by atoms with Crippen LogP contribution in [0.3, 0.4) is 0 Å². The maximum atomic E-state index is 11.6. The Labute approximate surface area is 103 Å². The smallest absolute Gasteiger partial charge is 0.224 e. The molecule has 0 heterocycles. The highest BCUT2D eigenvalue weighted by Gasteiger charge is 2.02. The number of carbonyl (C=O) groups excluding carboxylic acids is 1. The highest BCUT2D eigenvalue weighted by molar-refractivity contribution is 5.78. The average molecular weight is 234 g/mol. The molecule has 1 amide bonds. The van der Waals surface area contributed by atoms with Gasteiger partial charge in [-0.3, -0.25) is 4.79 Å². The van der Waals surface area contributed by atoms with E-state index in [1.54, 1.807) is 0 Å². The van der Waals surface area contributed by atoms with Crippen LogP contribution in [0.1, 0.15) is 30.4 Å². The molecule has 1 aromatic rings. The minimum Gasteiger partial charge on any atom is -0.356 e. The van der Waals surface area contributed by atoms with Crippen LogP contribution in [0.15, 0.2) is 24.3 Å². The van der Waals surface area contributed by atoms with Gasteiger partial charge in [0.1, 0.15) is 0 Å². The number of hydrogen-bond donors (Lipinski definition) is 2. The monoisotopic (exact) mass is 234 g/mol. The number of hydrogen-bond acceptors (Lipinski definition) is 2. The van der Waals surface area contributed by atoms with Crippen molar-refractivity contribution in [1.82, 2.24) is 5.32 Å². The van der Waals surface area contributed by atoms with Crippen molar-refractivity contribution in [2.24, 2.45) is 5.73 Å². The fraction of sp³-hybridized carbons (Fsp3) is 0.500. The summed E-state index contributed by atoms with van der Waals surface area (Å²) in [4.78, 5) is 11.6. The summed E-state index contributed by atoms with van der Waals surface area (Å²) in [6.45, 7) is 3.52. The van der Waals surface area contributed by atoms with Crippen LogP contribution < -0.4 is 11.1 Å². The quantitative estimate of drug-likeness (QED) is 0.707. The van der Waals surface area contributed by atoms with Gasteiger partial charge in [0.15, 0.2) is 0 Å². The second-order valence-corrected chi connectivity index (χ2v) is 4.37. The number of rotatable bonds is 7. The maximum absolute atomic E-state index is 11.6. The van der Waals surface area contributed by atoms with Crippen molar-refractivity contribution >= 4 is 5.91 Å². The molecule has 1 rings (SSSR count). The Morgan fingerprint density at radius 1 is 1.29 bits per heavy atom. The van der Waals surface area contributed by atoms with E-state index in [1.807, 2.05) is 31.2 Å². The average Bonchev–Trinajstić information content (AvgIpc) is 2.29. The van der Waals surface area contributed by atoms with Crippen molar-refractivity contribution in [3.8, 4) is 0 Å². The molecule has 17 heavy (non-hydrogen) atoms. The highest BCUT2D eigenvalue weighted by Crippen LogP contribution is 2.04. The molecule has 0 aromatic heterocycles. The molecule has 0 radical (unpaired) electrons. The zero-order chi connectivity index (χ0) is 12.5. The van der Waals surface area contributed by atoms with E-state index in [4.69, 9.17) is 5.73 Å². The van der Waals surface area contributed by atoms with Gasteiger partial charge in [-0.05, 0) is 31.9 Å². The lowest BCUT2D eigenvalue weighted by Gasteiger charge is -2.05. The van der Waals surface area contributed by atoms with Gasteiger partial charge in [-0.25, -0.2) is 0 Å².